The van der Waals surface area contributed by atoms with E-state index in [0.29, 0.717) is 38.3 Å². The lowest BCUT2D eigenvalue weighted by Gasteiger charge is -2.36. The van der Waals surface area contributed by atoms with Crippen LogP contribution in [-0.4, -0.2) is 72.4 Å². The summed E-state index contributed by atoms with van der Waals surface area (Å²) in [6.07, 6.45) is 3.26. The molecule has 0 spiro atoms. The van der Waals surface area contributed by atoms with Crippen molar-refractivity contribution >= 4 is 23.2 Å². The monoisotopic (exact) mass is 465 g/mol. The van der Waals surface area contributed by atoms with E-state index in [4.69, 9.17) is 0 Å². The Labute approximate surface area is 199 Å². The molecule has 0 saturated carbocycles. The van der Waals surface area contributed by atoms with Gasteiger partial charge in [-0.3, -0.25) is 24.6 Å². The number of nitrogens with one attached hydrogen (secondary N) is 1. The van der Waals surface area contributed by atoms with Gasteiger partial charge in [-0.05, 0) is 30.9 Å². The first kappa shape index (κ1) is 23.7. The fraction of sp³-hybridized carbons (Fsp3) is 0.440. The Bertz CT molecular complexity index is 1020. The van der Waals surface area contributed by atoms with Gasteiger partial charge in [0.2, 0.25) is 5.91 Å². The average Bonchev–Trinajstić information content (AvgIpc) is 2.88. The van der Waals surface area contributed by atoms with Crippen LogP contribution in [0.4, 0.5) is 11.4 Å². The molecule has 180 valence electrons. The van der Waals surface area contributed by atoms with Crippen LogP contribution in [0, 0.1) is 10.1 Å². The number of anilines is 1. The Hall–Kier alpha value is -3.46. The van der Waals surface area contributed by atoms with E-state index in [-0.39, 0.29) is 24.0 Å². The number of amides is 2. The molecule has 2 aromatic rings. The maximum atomic E-state index is 13.4. The quantitative estimate of drug-likeness (QED) is 0.499. The topological polar surface area (TPSA) is 99.0 Å². The molecule has 0 radical (unpaired) electrons. The molecule has 2 aromatic carbocycles. The van der Waals surface area contributed by atoms with Gasteiger partial charge in [0.15, 0.2) is 0 Å². The SMILES string of the molecule is O=C(CN1CCN(C(=O)c2cc([N+](=O)[O-])ccc2N2CCCCC2)CC1)NCc1ccccc1. The van der Waals surface area contributed by atoms with Crippen molar-refractivity contribution < 1.29 is 14.5 Å². The summed E-state index contributed by atoms with van der Waals surface area (Å²) in [5, 5.41) is 14.3. The molecular weight excluding hydrogens is 434 g/mol. The lowest BCUT2D eigenvalue weighted by Crippen LogP contribution is -2.51. The number of piperidine rings is 1. The van der Waals surface area contributed by atoms with Crippen LogP contribution in [-0.2, 0) is 11.3 Å². The van der Waals surface area contributed by atoms with E-state index < -0.39 is 4.92 Å². The van der Waals surface area contributed by atoms with Gasteiger partial charge in [0.25, 0.3) is 11.6 Å². The zero-order chi connectivity index (χ0) is 23.9. The third-order valence-electron chi connectivity index (χ3n) is 6.48. The van der Waals surface area contributed by atoms with Gasteiger partial charge in [0, 0.05) is 57.9 Å². The van der Waals surface area contributed by atoms with E-state index in [1.165, 1.54) is 12.1 Å². The number of hydrogen-bond acceptors (Lipinski definition) is 6. The van der Waals surface area contributed by atoms with Crippen LogP contribution in [0.15, 0.2) is 48.5 Å². The predicted molar refractivity (Wildman–Crippen MR) is 130 cm³/mol. The molecule has 2 aliphatic rings. The molecule has 2 heterocycles. The fourth-order valence-corrected chi connectivity index (χ4v) is 4.55. The molecule has 9 nitrogen and oxygen atoms in total. The summed E-state index contributed by atoms with van der Waals surface area (Å²) in [5.74, 6) is -0.229. The van der Waals surface area contributed by atoms with Crippen molar-refractivity contribution in [2.75, 3.05) is 50.7 Å². The smallest absolute Gasteiger partial charge is 0.270 e. The summed E-state index contributed by atoms with van der Waals surface area (Å²) in [6.45, 7) is 4.60. The van der Waals surface area contributed by atoms with E-state index >= 15 is 0 Å². The first-order valence-corrected chi connectivity index (χ1v) is 11.9. The third-order valence-corrected chi connectivity index (χ3v) is 6.48. The molecule has 0 bridgehead atoms. The Balaban J connectivity index is 1.35. The molecule has 1 N–H and O–H groups in total. The van der Waals surface area contributed by atoms with Gasteiger partial charge in [-0.1, -0.05) is 30.3 Å². The van der Waals surface area contributed by atoms with Crippen molar-refractivity contribution in [2.45, 2.75) is 25.8 Å². The van der Waals surface area contributed by atoms with Crippen molar-refractivity contribution in [3.8, 4) is 0 Å². The van der Waals surface area contributed by atoms with Gasteiger partial charge in [-0.15, -0.1) is 0 Å². The Kier molecular flexibility index (Phi) is 7.74. The fourth-order valence-electron chi connectivity index (χ4n) is 4.55. The highest BCUT2D eigenvalue weighted by atomic mass is 16.6. The number of carbonyl (C=O) groups is 2. The minimum atomic E-state index is -0.456. The molecule has 0 atom stereocenters. The van der Waals surface area contributed by atoms with Gasteiger partial charge < -0.3 is 15.1 Å². The van der Waals surface area contributed by atoms with E-state index in [9.17, 15) is 19.7 Å². The molecule has 2 amide bonds. The highest BCUT2D eigenvalue weighted by molar-refractivity contribution is 6.00. The van der Waals surface area contributed by atoms with Crippen LogP contribution in [0.25, 0.3) is 0 Å². The molecule has 2 fully saturated rings. The van der Waals surface area contributed by atoms with E-state index in [2.05, 4.69) is 10.2 Å². The molecule has 2 aliphatic heterocycles. The van der Waals surface area contributed by atoms with Crippen molar-refractivity contribution in [1.82, 2.24) is 15.1 Å². The molecular formula is C25H31N5O4. The van der Waals surface area contributed by atoms with Gasteiger partial charge >= 0.3 is 0 Å². The molecule has 0 aliphatic carbocycles. The molecule has 4 rings (SSSR count). The van der Waals surface area contributed by atoms with Crippen LogP contribution in [0.1, 0.15) is 35.2 Å². The Morgan fingerprint density at radius 2 is 1.62 bits per heavy atom. The number of non-ortho nitro benzene ring substituents is 1. The maximum Gasteiger partial charge on any atom is 0.270 e. The standard InChI is InChI=1S/C25H31N5O4/c31-24(26-18-20-7-3-1-4-8-20)19-27-13-15-29(16-14-27)25(32)22-17-21(30(33)34)9-10-23(22)28-11-5-2-6-12-28/h1,3-4,7-10,17H,2,5-6,11-16,18-19H2,(H,26,31). The summed E-state index contributed by atoms with van der Waals surface area (Å²) in [4.78, 5) is 42.6. The highest BCUT2D eigenvalue weighted by Crippen LogP contribution is 2.29. The second-order valence-electron chi connectivity index (χ2n) is 8.84. The number of hydrogen-bond donors (Lipinski definition) is 1. The van der Waals surface area contributed by atoms with Gasteiger partial charge in [-0.25, -0.2) is 0 Å². The second-order valence-corrected chi connectivity index (χ2v) is 8.84. The zero-order valence-corrected chi connectivity index (χ0v) is 19.3. The Morgan fingerprint density at radius 1 is 0.912 bits per heavy atom. The second kappa shape index (κ2) is 11.1. The number of rotatable bonds is 7. The molecule has 9 heteroatoms. The maximum absolute atomic E-state index is 13.4. The minimum absolute atomic E-state index is 0.0466. The van der Waals surface area contributed by atoms with Crippen LogP contribution in [0.5, 0.6) is 0 Å². The summed E-state index contributed by atoms with van der Waals surface area (Å²) in [7, 11) is 0. The number of nitro benzene ring substituents is 1. The molecule has 34 heavy (non-hydrogen) atoms. The van der Waals surface area contributed by atoms with Gasteiger partial charge in [0.1, 0.15) is 0 Å². The van der Waals surface area contributed by atoms with E-state index in [0.717, 1.165) is 43.6 Å². The first-order valence-electron chi connectivity index (χ1n) is 11.9. The van der Waals surface area contributed by atoms with Gasteiger partial charge in [0.05, 0.1) is 22.7 Å². The number of benzene rings is 2. The number of carbonyl (C=O) groups excluding carboxylic acids is 2. The van der Waals surface area contributed by atoms with E-state index in [1.807, 2.05) is 35.2 Å². The normalized spacial score (nSPS) is 16.8. The first-order chi connectivity index (χ1) is 16.5. The van der Waals surface area contributed by atoms with Crippen LogP contribution < -0.4 is 10.2 Å². The molecule has 2 saturated heterocycles. The van der Waals surface area contributed by atoms with Crippen LogP contribution >= 0.6 is 0 Å². The van der Waals surface area contributed by atoms with Crippen LogP contribution in [0.2, 0.25) is 0 Å². The van der Waals surface area contributed by atoms with Crippen molar-refractivity contribution in [2.24, 2.45) is 0 Å². The Morgan fingerprint density at radius 3 is 2.29 bits per heavy atom. The summed E-state index contributed by atoms with van der Waals surface area (Å²) in [5.41, 5.74) is 2.15. The highest BCUT2D eigenvalue weighted by Gasteiger charge is 2.28. The summed E-state index contributed by atoms with van der Waals surface area (Å²) in [6, 6.07) is 14.4. The largest absolute Gasteiger partial charge is 0.371 e. The van der Waals surface area contributed by atoms with Gasteiger partial charge in [-0.2, -0.15) is 0 Å². The van der Waals surface area contributed by atoms with Crippen LogP contribution in [0.3, 0.4) is 0 Å². The number of piperazine rings is 1. The zero-order valence-electron chi connectivity index (χ0n) is 19.3. The molecule has 0 aromatic heterocycles. The predicted octanol–water partition coefficient (Wildman–Crippen LogP) is 2.66. The number of nitro groups is 1. The average molecular weight is 466 g/mol. The van der Waals surface area contributed by atoms with Crippen molar-refractivity contribution in [3.05, 3.63) is 69.8 Å². The molecule has 0 unspecified atom stereocenters. The third kappa shape index (κ3) is 5.91. The van der Waals surface area contributed by atoms with Crippen molar-refractivity contribution in [1.29, 1.82) is 0 Å². The summed E-state index contributed by atoms with van der Waals surface area (Å²) >= 11 is 0. The minimum Gasteiger partial charge on any atom is -0.371 e. The number of nitrogens with zero attached hydrogens (tertiary/aromatic N) is 4. The summed E-state index contributed by atoms with van der Waals surface area (Å²) < 4.78 is 0. The van der Waals surface area contributed by atoms with Crippen molar-refractivity contribution in [3.63, 3.8) is 0 Å². The van der Waals surface area contributed by atoms with E-state index in [1.54, 1.807) is 11.0 Å². The lowest BCUT2D eigenvalue weighted by molar-refractivity contribution is -0.384. The lowest BCUT2D eigenvalue weighted by atomic mass is 10.0.